The summed E-state index contributed by atoms with van der Waals surface area (Å²) in [5.74, 6) is -0.955. The molecule has 2 aliphatic rings. The topological polar surface area (TPSA) is 74.7 Å². The van der Waals surface area contributed by atoms with Gasteiger partial charge in [0.05, 0.1) is 18.4 Å². The minimum atomic E-state index is -0.979. The Hall–Kier alpha value is -1.69. The lowest BCUT2D eigenvalue weighted by atomic mass is 10.00. The van der Waals surface area contributed by atoms with Gasteiger partial charge in [-0.15, -0.1) is 11.3 Å². The highest BCUT2D eigenvalue weighted by Crippen LogP contribution is 2.44. The molecule has 3 rings (SSSR count). The molecule has 1 N–H and O–H groups in total. The van der Waals surface area contributed by atoms with E-state index in [9.17, 15) is 14.4 Å². The van der Waals surface area contributed by atoms with Crippen molar-refractivity contribution in [3.8, 4) is 0 Å². The molecule has 2 atom stereocenters. The molecular formula is C15H17NO4S. The van der Waals surface area contributed by atoms with E-state index in [1.807, 2.05) is 0 Å². The van der Waals surface area contributed by atoms with Gasteiger partial charge in [-0.3, -0.25) is 14.5 Å². The van der Waals surface area contributed by atoms with Gasteiger partial charge in [0.25, 0.3) is 0 Å². The molecule has 1 aliphatic heterocycles. The Balaban J connectivity index is 1.74. The number of carbonyl (C=O) groups excluding carboxylic acids is 2. The predicted octanol–water partition coefficient (Wildman–Crippen LogP) is 2.37. The Morgan fingerprint density at radius 2 is 1.90 bits per heavy atom. The molecule has 1 aliphatic carbocycles. The summed E-state index contributed by atoms with van der Waals surface area (Å²) in [6.45, 7) is 2.30. The standard InChI is InChI=1S/C15H17NO4S/c1-2-8-5-10-11(6-8)14(18)16(13(10)17)7-9-3-4-12(21-9)15(19)20/h3-4,8,10-11H,2,5-7H2,1H3,(H,19,20). The molecule has 2 heterocycles. The minimum absolute atomic E-state index is 0.0776. The van der Waals surface area contributed by atoms with Gasteiger partial charge in [-0.05, 0) is 30.9 Å². The fraction of sp³-hybridized carbons (Fsp3) is 0.533. The number of amides is 2. The first-order valence-electron chi connectivity index (χ1n) is 7.18. The van der Waals surface area contributed by atoms with E-state index in [0.717, 1.165) is 35.5 Å². The van der Waals surface area contributed by atoms with E-state index in [-0.39, 0.29) is 35.1 Å². The second kappa shape index (κ2) is 5.26. The number of fused-ring (bicyclic) bond motifs is 1. The van der Waals surface area contributed by atoms with E-state index in [4.69, 9.17) is 5.11 Å². The molecule has 2 fully saturated rings. The van der Waals surface area contributed by atoms with E-state index in [1.165, 1.54) is 11.0 Å². The molecule has 6 heteroatoms. The van der Waals surface area contributed by atoms with Crippen LogP contribution in [0.15, 0.2) is 12.1 Å². The van der Waals surface area contributed by atoms with Crippen LogP contribution in [0, 0.1) is 17.8 Å². The number of rotatable bonds is 4. The van der Waals surface area contributed by atoms with Gasteiger partial charge >= 0.3 is 5.97 Å². The van der Waals surface area contributed by atoms with Crippen LogP contribution in [0.25, 0.3) is 0 Å². The molecule has 0 spiro atoms. The zero-order chi connectivity index (χ0) is 15.1. The number of hydrogen-bond donors (Lipinski definition) is 1. The largest absolute Gasteiger partial charge is 0.477 e. The lowest BCUT2D eigenvalue weighted by molar-refractivity contribution is -0.141. The number of imide groups is 1. The van der Waals surface area contributed by atoms with Crippen LogP contribution in [0.1, 0.15) is 40.7 Å². The Morgan fingerprint density at radius 3 is 2.38 bits per heavy atom. The van der Waals surface area contributed by atoms with Crippen LogP contribution in [0.4, 0.5) is 0 Å². The third-order valence-corrected chi connectivity index (χ3v) is 5.65. The summed E-state index contributed by atoms with van der Waals surface area (Å²) >= 11 is 1.12. The summed E-state index contributed by atoms with van der Waals surface area (Å²) in [5, 5.41) is 8.91. The Bertz CT molecular complexity index is 585. The third-order valence-electron chi connectivity index (χ3n) is 4.59. The normalized spacial score (nSPS) is 28.2. The number of carboxylic acid groups (broad SMARTS) is 1. The molecule has 1 saturated carbocycles. The molecule has 112 valence electrons. The average Bonchev–Trinajstić information content (AvgIpc) is 3.13. The van der Waals surface area contributed by atoms with E-state index in [0.29, 0.717) is 5.92 Å². The summed E-state index contributed by atoms with van der Waals surface area (Å²) in [6.07, 6.45) is 2.64. The number of carboxylic acids is 1. The van der Waals surface area contributed by atoms with Crippen LogP contribution < -0.4 is 0 Å². The maximum atomic E-state index is 12.4. The van der Waals surface area contributed by atoms with Gasteiger partial charge in [0, 0.05) is 4.88 Å². The zero-order valence-electron chi connectivity index (χ0n) is 11.7. The smallest absolute Gasteiger partial charge is 0.345 e. The van der Waals surface area contributed by atoms with Crippen molar-refractivity contribution >= 4 is 29.1 Å². The van der Waals surface area contributed by atoms with Crippen LogP contribution >= 0.6 is 11.3 Å². The SMILES string of the molecule is CCC1CC2C(=O)N(Cc3ccc(C(=O)O)s3)C(=O)C2C1. The van der Waals surface area contributed by atoms with Crippen LogP contribution in [-0.4, -0.2) is 27.8 Å². The average molecular weight is 307 g/mol. The molecular weight excluding hydrogens is 290 g/mol. The van der Waals surface area contributed by atoms with Crippen molar-refractivity contribution in [3.63, 3.8) is 0 Å². The highest BCUT2D eigenvalue weighted by Gasteiger charge is 2.52. The quantitative estimate of drug-likeness (QED) is 0.867. The Morgan fingerprint density at radius 1 is 1.29 bits per heavy atom. The number of likely N-dealkylation sites (tertiary alicyclic amines) is 1. The predicted molar refractivity (Wildman–Crippen MR) is 76.8 cm³/mol. The molecule has 1 aromatic heterocycles. The van der Waals surface area contributed by atoms with Gasteiger partial charge in [-0.25, -0.2) is 4.79 Å². The van der Waals surface area contributed by atoms with Crippen LogP contribution in [0.5, 0.6) is 0 Å². The molecule has 5 nitrogen and oxygen atoms in total. The summed E-state index contributed by atoms with van der Waals surface area (Å²) in [4.78, 5) is 38.0. The molecule has 2 amide bonds. The fourth-order valence-electron chi connectivity index (χ4n) is 3.42. The van der Waals surface area contributed by atoms with Crippen molar-refractivity contribution in [2.24, 2.45) is 17.8 Å². The highest BCUT2D eigenvalue weighted by atomic mass is 32.1. The van der Waals surface area contributed by atoms with Crippen LogP contribution in [-0.2, 0) is 16.1 Å². The van der Waals surface area contributed by atoms with Gasteiger partial charge in [-0.2, -0.15) is 0 Å². The molecule has 0 aromatic carbocycles. The molecule has 21 heavy (non-hydrogen) atoms. The van der Waals surface area contributed by atoms with E-state index in [2.05, 4.69) is 6.92 Å². The van der Waals surface area contributed by atoms with Gasteiger partial charge in [-0.1, -0.05) is 13.3 Å². The van der Waals surface area contributed by atoms with Gasteiger partial charge < -0.3 is 5.11 Å². The molecule has 1 saturated heterocycles. The first-order chi connectivity index (χ1) is 10.0. The molecule has 0 bridgehead atoms. The van der Waals surface area contributed by atoms with Gasteiger partial charge in [0.1, 0.15) is 4.88 Å². The second-order valence-corrected chi connectivity index (χ2v) is 6.96. The van der Waals surface area contributed by atoms with E-state index >= 15 is 0 Å². The van der Waals surface area contributed by atoms with Crippen molar-refractivity contribution in [1.29, 1.82) is 0 Å². The summed E-state index contributed by atoms with van der Waals surface area (Å²) in [7, 11) is 0. The monoisotopic (exact) mass is 307 g/mol. The lowest BCUT2D eigenvalue weighted by Crippen LogP contribution is -2.31. The molecule has 2 unspecified atom stereocenters. The van der Waals surface area contributed by atoms with Crippen LogP contribution in [0.3, 0.4) is 0 Å². The Kier molecular flexibility index (Phi) is 3.57. The van der Waals surface area contributed by atoms with Gasteiger partial charge in [0.2, 0.25) is 11.8 Å². The van der Waals surface area contributed by atoms with Crippen molar-refractivity contribution < 1.29 is 19.5 Å². The lowest BCUT2D eigenvalue weighted by Gasteiger charge is -2.16. The number of thiophene rings is 1. The van der Waals surface area contributed by atoms with E-state index in [1.54, 1.807) is 6.07 Å². The summed E-state index contributed by atoms with van der Waals surface area (Å²) in [6, 6.07) is 3.19. The summed E-state index contributed by atoms with van der Waals surface area (Å²) < 4.78 is 0. The number of carbonyl (C=O) groups is 3. The first kappa shape index (κ1) is 14.3. The van der Waals surface area contributed by atoms with Crippen molar-refractivity contribution in [3.05, 3.63) is 21.9 Å². The maximum absolute atomic E-state index is 12.4. The maximum Gasteiger partial charge on any atom is 0.345 e. The number of aromatic carboxylic acids is 1. The fourth-order valence-corrected chi connectivity index (χ4v) is 4.26. The highest BCUT2D eigenvalue weighted by molar-refractivity contribution is 7.13. The Labute approximate surface area is 126 Å². The minimum Gasteiger partial charge on any atom is -0.477 e. The van der Waals surface area contributed by atoms with Crippen molar-refractivity contribution in [1.82, 2.24) is 4.90 Å². The summed E-state index contributed by atoms with van der Waals surface area (Å²) in [5.41, 5.74) is 0. The van der Waals surface area contributed by atoms with Crippen molar-refractivity contribution in [2.75, 3.05) is 0 Å². The molecule has 0 radical (unpaired) electrons. The number of nitrogens with zero attached hydrogens (tertiary/aromatic N) is 1. The number of hydrogen-bond acceptors (Lipinski definition) is 4. The first-order valence-corrected chi connectivity index (χ1v) is 8.00. The second-order valence-electron chi connectivity index (χ2n) is 5.79. The van der Waals surface area contributed by atoms with Gasteiger partial charge in [0.15, 0.2) is 0 Å². The van der Waals surface area contributed by atoms with Crippen molar-refractivity contribution in [2.45, 2.75) is 32.7 Å². The third kappa shape index (κ3) is 2.37. The zero-order valence-corrected chi connectivity index (χ0v) is 12.6. The van der Waals surface area contributed by atoms with Crippen LogP contribution in [0.2, 0.25) is 0 Å². The molecule has 1 aromatic rings. The van der Waals surface area contributed by atoms with E-state index < -0.39 is 5.97 Å².